The number of halogens is 1. The predicted octanol–water partition coefficient (Wildman–Crippen LogP) is 2.13. The lowest BCUT2D eigenvalue weighted by Crippen LogP contribution is -2.62. The summed E-state index contributed by atoms with van der Waals surface area (Å²) in [5, 5.41) is 10.7. The minimum atomic E-state index is -0.314. The number of hydrogen-bond acceptors (Lipinski definition) is 4. The highest BCUT2D eigenvalue weighted by atomic mass is 35.5. The van der Waals surface area contributed by atoms with Crippen molar-refractivity contribution in [2.75, 3.05) is 19.7 Å². The van der Waals surface area contributed by atoms with Crippen LogP contribution in [0.4, 0.5) is 0 Å². The number of pyridine rings is 1. The molecule has 1 saturated heterocycles. The third-order valence-electron chi connectivity index (χ3n) is 5.03. The summed E-state index contributed by atoms with van der Waals surface area (Å²) in [5.74, 6) is -0.0980. The van der Waals surface area contributed by atoms with E-state index in [1.165, 1.54) is 0 Å². The van der Waals surface area contributed by atoms with Crippen molar-refractivity contribution in [2.24, 2.45) is 5.41 Å². The minimum Gasteiger partial charge on any atom is -0.392 e. The Bertz CT molecular complexity index is 556. The third kappa shape index (κ3) is 2.62. The van der Waals surface area contributed by atoms with E-state index in [2.05, 4.69) is 4.98 Å². The van der Waals surface area contributed by atoms with Crippen LogP contribution in [0.15, 0.2) is 18.3 Å². The number of carbonyl (C=O) groups excluding carboxylic acids is 1. The number of ether oxygens (including phenoxy) is 1. The maximum Gasteiger partial charge on any atom is 0.272 e. The lowest BCUT2D eigenvalue weighted by molar-refractivity contribution is -0.207. The maximum atomic E-state index is 12.5. The Kier molecular flexibility index (Phi) is 4.39. The smallest absolute Gasteiger partial charge is 0.272 e. The lowest BCUT2D eigenvalue weighted by Gasteiger charge is -2.56. The van der Waals surface area contributed by atoms with E-state index in [9.17, 15) is 9.90 Å². The van der Waals surface area contributed by atoms with E-state index in [1.807, 2.05) is 6.92 Å². The molecule has 2 aliphatic rings. The van der Waals surface area contributed by atoms with Crippen LogP contribution in [0.1, 0.15) is 36.7 Å². The molecule has 1 aliphatic carbocycles. The van der Waals surface area contributed by atoms with Gasteiger partial charge in [-0.2, -0.15) is 0 Å². The predicted molar refractivity (Wildman–Crippen MR) is 82.9 cm³/mol. The SMILES string of the molecule is CCOC1CC(O)C12CCN(C(=O)c1cc(Cl)ccn1)CC2. The van der Waals surface area contributed by atoms with Gasteiger partial charge in [0.05, 0.1) is 12.2 Å². The van der Waals surface area contributed by atoms with Crippen molar-refractivity contribution in [2.45, 2.75) is 38.4 Å². The van der Waals surface area contributed by atoms with Gasteiger partial charge in [-0.15, -0.1) is 0 Å². The van der Waals surface area contributed by atoms with Crippen LogP contribution in [0.25, 0.3) is 0 Å². The second-order valence-corrected chi connectivity index (χ2v) is 6.52. The van der Waals surface area contributed by atoms with Gasteiger partial charge in [0.1, 0.15) is 5.69 Å². The zero-order chi connectivity index (χ0) is 15.7. The molecule has 2 atom stereocenters. The minimum absolute atomic E-state index is 0.0980. The van der Waals surface area contributed by atoms with Gasteiger partial charge >= 0.3 is 0 Å². The maximum absolute atomic E-state index is 12.5. The zero-order valence-electron chi connectivity index (χ0n) is 12.7. The molecule has 1 spiro atoms. The first-order chi connectivity index (χ1) is 10.6. The van der Waals surface area contributed by atoms with Crippen molar-refractivity contribution in [3.63, 3.8) is 0 Å². The molecule has 0 bridgehead atoms. The summed E-state index contributed by atoms with van der Waals surface area (Å²) >= 11 is 5.92. The highest BCUT2D eigenvalue weighted by molar-refractivity contribution is 6.30. The molecule has 1 amide bonds. The normalized spacial score (nSPS) is 26.8. The fraction of sp³-hybridized carbons (Fsp3) is 0.625. The molecular formula is C16H21ClN2O3. The van der Waals surface area contributed by atoms with Crippen molar-refractivity contribution < 1.29 is 14.6 Å². The van der Waals surface area contributed by atoms with Crippen molar-refractivity contribution in [1.29, 1.82) is 0 Å². The third-order valence-corrected chi connectivity index (χ3v) is 5.27. The van der Waals surface area contributed by atoms with Crippen LogP contribution in [0.5, 0.6) is 0 Å². The summed E-state index contributed by atoms with van der Waals surface area (Å²) in [6.07, 6.45) is 3.59. The molecule has 2 fully saturated rings. The van der Waals surface area contributed by atoms with Crippen molar-refractivity contribution >= 4 is 17.5 Å². The molecule has 1 saturated carbocycles. The van der Waals surface area contributed by atoms with Crippen LogP contribution in [0.2, 0.25) is 5.02 Å². The van der Waals surface area contributed by atoms with Crippen molar-refractivity contribution in [3.05, 3.63) is 29.0 Å². The number of rotatable bonds is 3. The van der Waals surface area contributed by atoms with Crippen LogP contribution in [0.3, 0.4) is 0 Å². The fourth-order valence-electron chi connectivity index (χ4n) is 3.63. The number of aliphatic hydroxyl groups is 1. The summed E-state index contributed by atoms with van der Waals surface area (Å²) in [4.78, 5) is 18.4. The van der Waals surface area contributed by atoms with Gasteiger partial charge < -0.3 is 14.7 Å². The summed E-state index contributed by atoms with van der Waals surface area (Å²) in [5.41, 5.74) is 0.202. The quantitative estimate of drug-likeness (QED) is 0.925. The molecule has 2 heterocycles. The molecule has 1 aromatic rings. The van der Waals surface area contributed by atoms with Gasteiger partial charge in [-0.25, -0.2) is 0 Å². The molecule has 120 valence electrons. The molecule has 0 aromatic carbocycles. The Labute approximate surface area is 135 Å². The van der Waals surface area contributed by atoms with Crippen LogP contribution < -0.4 is 0 Å². The second-order valence-electron chi connectivity index (χ2n) is 6.08. The van der Waals surface area contributed by atoms with Gasteiger partial charge in [0.2, 0.25) is 0 Å². The molecule has 6 heteroatoms. The molecule has 0 radical (unpaired) electrons. The second kappa shape index (κ2) is 6.14. The van der Waals surface area contributed by atoms with Crippen LogP contribution in [-0.2, 0) is 4.74 Å². The van der Waals surface area contributed by atoms with Crippen molar-refractivity contribution in [3.8, 4) is 0 Å². The van der Waals surface area contributed by atoms with Crippen LogP contribution >= 0.6 is 11.6 Å². The summed E-state index contributed by atoms with van der Waals surface area (Å²) in [6.45, 7) is 3.87. The molecular weight excluding hydrogens is 304 g/mol. The fourth-order valence-corrected chi connectivity index (χ4v) is 3.79. The molecule has 1 aromatic heterocycles. The molecule has 5 nitrogen and oxygen atoms in total. The number of hydrogen-bond donors (Lipinski definition) is 1. The first-order valence-electron chi connectivity index (χ1n) is 7.77. The van der Waals surface area contributed by atoms with E-state index in [4.69, 9.17) is 16.3 Å². The highest BCUT2D eigenvalue weighted by Crippen LogP contribution is 2.51. The monoisotopic (exact) mass is 324 g/mol. The summed E-state index contributed by atoms with van der Waals surface area (Å²) in [6, 6.07) is 3.25. The lowest BCUT2D eigenvalue weighted by atomic mass is 9.58. The van der Waals surface area contributed by atoms with Gasteiger partial charge in [-0.3, -0.25) is 9.78 Å². The van der Waals surface area contributed by atoms with Gasteiger partial charge in [0.25, 0.3) is 5.91 Å². The Balaban J connectivity index is 1.65. The Morgan fingerprint density at radius 1 is 1.55 bits per heavy atom. The average molecular weight is 325 g/mol. The number of piperidine rings is 1. The van der Waals surface area contributed by atoms with Gasteiger partial charge in [-0.1, -0.05) is 11.6 Å². The molecule has 2 unspecified atom stereocenters. The highest BCUT2D eigenvalue weighted by Gasteiger charge is 2.56. The van der Waals surface area contributed by atoms with Crippen LogP contribution in [-0.4, -0.2) is 52.8 Å². The topological polar surface area (TPSA) is 62.7 Å². The number of nitrogens with zero attached hydrogens (tertiary/aromatic N) is 2. The summed E-state index contributed by atoms with van der Waals surface area (Å²) < 4.78 is 5.74. The molecule has 3 rings (SSSR count). The van der Waals surface area contributed by atoms with E-state index in [1.54, 1.807) is 23.2 Å². The number of likely N-dealkylation sites (tertiary alicyclic amines) is 1. The van der Waals surface area contributed by atoms with Gasteiger partial charge in [0, 0.05) is 42.8 Å². The number of aromatic nitrogens is 1. The van der Waals surface area contributed by atoms with E-state index in [0.29, 0.717) is 36.8 Å². The Hall–Kier alpha value is -1.17. The Morgan fingerprint density at radius 3 is 2.86 bits per heavy atom. The number of amides is 1. The first-order valence-corrected chi connectivity index (χ1v) is 8.15. The zero-order valence-corrected chi connectivity index (χ0v) is 13.4. The van der Waals surface area contributed by atoms with Crippen LogP contribution in [0, 0.1) is 5.41 Å². The largest absolute Gasteiger partial charge is 0.392 e. The van der Waals surface area contributed by atoms with Gasteiger partial charge in [0.15, 0.2) is 0 Å². The standard InChI is InChI=1S/C16H21ClN2O3/c1-2-22-14-10-13(20)16(14)4-7-19(8-5-16)15(21)12-9-11(17)3-6-18-12/h3,6,9,13-14,20H,2,4-5,7-8,10H2,1H3. The van der Waals surface area contributed by atoms with E-state index >= 15 is 0 Å². The number of carbonyl (C=O) groups is 1. The van der Waals surface area contributed by atoms with E-state index in [0.717, 1.165) is 12.8 Å². The first kappa shape index (κ1) is 15.7. The average Bonchev–Trinajstić information content (AvgIpc) is 2.54. The van der Waals surface area contributed by atoms with E-state index in [-0.39, 0.29) is 23.5 Å². The molecule has 22 heavy (non-hydrogen) atoms. The number of aliphatic hydroxyl groups excluding tert-OH is 1. The van der Waals surface area contributed by atoms with E-state index < -0.39 is 0 Å². The van der Waals surface area contributed by atoms with Gasteiger partial charge in [-0.05, 0) is 31.9 Å². The van der Waals surface area contributed by atoms with Crippen molar-refractivity contribution in [1.82, 2.24) is 9.88 Å². The summed E-state index contributed by atoms with van der Waals surface area (Å²) in [7, 11) is 0. The molecule has 1 N–H and O–H groups in total. The Morgan fingerprint density at radius 2 is 2.27 bits per heavy atom. The molecule has 1 aliphatic heterocycles.